The Hall–Kier alpha value is -1.00. The van der Waals surface area contributed by atoms with Crippen LogP contribution < -0.4 is 0 Å². The first-order valence-corrected chi connectivity index (χ1v) is 6.16. The Morgan fingerprint density at radius 1 is 1.00 bits per heavy atom. The molecule has 4 heteroatoms. The molecule has 0 saturated carbocycles. The molecule has 1 heterocycles. The van der Waals surface area contributed by atoms with Gasteiger partial charge in [0.2, 0.25) is 0 Å². The largest absolute Gasteiger partial charge is 0.289 e. The molecule has 0 N–H and O–H groups in total. The Kier molecular flexibility index (Phi) is 3.51. The first kappa shape index (κ1) is 11.5. The van der Waals surface area contributed by atoms with Gasteiger partial charge in [-0.05, 0) is 34.1 Å². The lowest BCUT2D eigenvalue weighted by Gasteiger charge is -2.01. The highest BCUT2D eigenvalue weighted by Gasteiger charge is 2.09. The summed E-state index contributed by atoms with van der Waals surface area (Å²) < 4.78 is 1.69. The van der Waals surface area contributed by atoms with Crippen LogP contribution in [0.25, 0.3) is 0 Å². The van der Waals surface area contributed by atoms with Crippen LogP contribution in [0.4, 0.5) is 0 Å². The van der Waals surface area contributed by atoms with E-state index in [1.807, 2.05) is 12.1 Å². The van der Waals surface area contributed by atoms with Gasteiger partial charge in [-0.2, -0.15) is 0 Å². The molecule has 0 atom stereocenters. The number of hydrogen-bond donors (Lipinski definition) is 0. The monoisotopic (exact) mass is 339 g/mol. The van der Waals surface area contributed by atoms with Crippen LogP contribution in [0.5, 0.6) is 0 Å². The smallest absolute Gasteiger partial charge is 0.194 e. The fourth-order valence-electron chi connectivity index (χ4n) is 1.33. The minimum absolute atomic E-state index is 0.0323. The van der Waals surface area contributed by atoms with Crippen molar-refractivity contribution in [3.05, 3.63) is 62.8 Å². The van der Waals surface area contributed by atoms with E-state index in [9.17, 15) is 4.79 Å². The van der Waals surface area contributed by atoms with Gasteiger partial charge in [-0.25, -0.2) is 0 Å². The Labute approximate surface area is 110 Å². The van der Waals surface area contributed by atoms with Crippen LogP contribution in [-0.2, 0) is 0 Å². The molecule has 0 fully saturated rings. The summed E-state index contributed by atoms with van der Waals surface area (Å²) in [5.41, 5.74) is 1.22. The SMILES string of the molecule is O=C(c1cccc(Br)c1)c1cncc(Br)c1. The van der Waals surface area contributed by atoms with Crippen molar-refractivity contribution in [2.24, 2.45) is 0 Å². The number of aromatic nitrogens is 1. The molecule has 0 bridgehead atoms. The molecular weight excluding hydrogens is 334 g/mol. The third-order valence-corrected chi connectivity index (χ3v) is 2.98. The van der Waals surface area contributed by atoms with E-state index in [0.717, 1.165) is 8.95 Å². The van der Waals surface area contributed by atoms with Crippen LogP contribution in [0.15, 0.2) is 51.7 Å². The zero-order valence-corrected chi connectivity index (χ0v) is 11.3. The summed E-state index contributed by atoms with van der Waals surface area (Å²) in [5.74, 6) is -0.0323. The van der Waals surface area contributed by atoms with E-state index in [4.69, 9.17) is 0 Å². The standard InChI is InChI=1S/C12H7Br2NO/c13-10-3-1-2-8(4-10)12(16)9-5-11(14)7-15-6-9/h1-7H. The van der Waals surface area contributed by atoms with Crippen molar-refractivity contribution in [1.82, 2.24) is 4.98 Å². The number of halogens is 2. The molecule has 0 aliphatic rings. The van der Waals surface area contributed by atoms with Gasteiger partial charge in [0, 0.05) is 32.5 Å². The van der Waals surface area contributed by atoms with E-state index >= 15 is 0 Å². The maximum atomic E-state index is 12.1. The summed E-state index contributed by atoms with van der Waals surface area (Å²) in [5, 5.41) is 0. The van der Waals surface area contributed by atoms with Gasteiger partial charge in [-0.1, -0.05) is 28.1 Å². The Morgan fingerprint density at radius 3 is 2.44 bits per heavy atom. The van der Waals surface area contributed by atoms with Gasteiger partial charge in [0.05, 0.1) is 0 Å². The molecule has 0 amide bonds. The third-order valence-electron chi connectivity index (χ3n) is 2.05. The maximum absolute atomic E-state index is 12.1. The van der Waals surface area contributed by atoms with E-state index in [0.29, 0.717) is 11.1 Å². The minimum atomic E-state index is -0.0323. The number of rotatable bonds is 2. The average Bonchev–Trinajstić information content (AvgIpc) is 2.28. The van der Waals surface area contributed by atoms with E-state index in [-0.39, 0.29) is 5.78 Å². The van der Waals surface area contributed by atoms with Crippen molar-refractivity contribution in [2.75, 3.05) is 0 Å². The minimum Gasteiger partial charge on any atom is -0.289 e. The molecule has 2 aromatic rings. The van der Waals surface area contributed by atoms with Crippen LogP contribution in [-0.4, -0.2) is 10.8 Å². The van der Waals surface area contributed by atoms with Crippen LogP contribution in [0.3, 0.4) is 0 Å². The van der Waals surface area contributed by atoms with E-state index < -0.39 is 0 Å². The van der Waals surface area contributed by atoms with Crippen molar-refractivity contribution < 1.29 is 4.79 Å². The quantitative estimate of drug-likeness (QED) is 0.777. The van der Waals surface area contributed by atoms with Crippen molar-refractivity contribution in [3.8, 4) is 0 Å². The normalized spacial score (nSPS) is 10.1. The maximum Gasteiger partial charge on any atom is 0.194 e. The lowest BCUT2D eigenvalue weighted by atomic mass is 10.1. The van der Waals surface area contributed by atoms with Gasteiger partial charge in [-0.15, -0.1) is 0 Å². The van der Waals surface area contributed by atoms with Crippen molar-refractivity contribution in [2.45, 2.75) is 0 Å². The predicted octanol–water partition coefficient (Wildman–Crippen LogP) is 3.84. The Morgan fingerprint density at radius 2 is 1.75 bits per heavy atom. The molecule has 2 nitrogen and oxygen atoms in total. The van der Waals surface area contributed by atoms with Crippen molar-refractivity contribution in [1.29, 1.82) is 0 Å². The molecule has 0 aliphatic carbocycles. The zero-order chi connectivity index (χ0) is 11.5. The molecule has 0 spiro atoms. The number of carbonyl (C=O) groups excluding carboxylic acids is 1. The highest BCUT2D eigenvalue weighted by molar-refractivity contribution is 9.10. The fraction of sp³-hybridized carbons (Fsp3) is 0. The van der Waals surface area contributed by atoms with Crippen LogP contribution >= 0.6 is 31.9 Å². The number of ketones is 1. The first-order valence-electron chi connectivity index (χ1n) is 4.57. The van der Waals surface area contributed by atoms with E-state index in [2.05, 4.69) is 36.8 Å². The molecule has 0 radical (unpaired) electrons. The van der Waals surface area contributed by atoms with Gasteiger partial charge in [0.25, 0.3) is 0 Å². The molecule has 0 unspecified atom stereocenters. The summed E-state index contributed by atoms with van der Waals surface area (Å²) in [6.07, 6.45) is 3.21. The van der Waals surface area contributed by atoms with Gasteiger partial charge in [0.1, 0.15) is 0 Å². The lowest BCUT2D eigenvalue weighted by molar-refractivity contribution is 0.103. The number of pyridine rings is 1. The predicted molar refractivity (Wildman–Crippen MR) is 69.5 cm³/mol. The summed E-state index contributed by atoms with van der Waals surface area (Å²) in [6, 6.07) is 9.06. The highest BCUT2D eigenvalue weighted by Crippen LogP contribution is 2.17. The molecule has 1 aromatic carbocycles. The number of benzene rings is 1. The fourth-order valence-corrected chi connectivity index (χ4v) is 2.10. The molecule has 0 saturated heterocycles. The van der Waals surface area contributed by atoms with Gasteiger partial charge < -0.3 is 0 Å². The average molecular weight is 341 g/mol. The Bertz CT molecular complexity index is 493. The molecule has 80 valence electrons. The number of hydrogen-bond acceptors (Lipinski definition) is 2. The second-order valence-electron chi connectivity index (χ2n) is 3.23. The first-order chi connectivity index (χ1) is 7.66. The van der Waals surface area contributed by atoms with Gasteiger partial charge in [0.15, 0.2) is 5.78 Å². The van der Waals surface area contributed by atoms with Gasteiger partial charge in [-0.3, -0.25) is 9.78 Å². The number of nitrogens with zero attached hydrogens (tertiary/aromatic N) is 1. The number of carbonyl (C=O) groups is 1. The molecular formula is C12H7Br2NO. The second-order valence-corrected chi connectivity index (χ2v) is 5.06. The molecule has 0 aliphatic heterocycles. The van der Waals surface area contributed by atoms with Gasteiger partial charge >= 0.3 is 0 Å². The highest BCUT2D eigenvalue weighted by atomic mass is 79.9. The molecule has 2 rings (SSSR count). The lowest BCUT2D eigenvalue weighted by Crippen LogP contribution is -2.01. The molecule has 16 heavy (non-hydrogen) atoms. The summed E-state index contributed by atoms with van der Waals surface area (Å²) >= 11 is 6.63. The van der Waals surface area contributed by atoms with Crippen molar-refractivity contribution in [3.63, 3.8) is 0 Å². The zero-order valence-electron chi connectivity index (χ0n) is 8.15. The topological polar surface area (TPSA) is 30.0 Å². The van der Waals surface area contributed by atoms with E-state index in [1.165, 1.54) is 0 Å². The van der Waals surface area contributed by atoms with Crippen LogP contribution in [0.2, 0.25) is 0 Å². The second kappa shape index (κ2) is 4.89. The summed E-state index contributed by atoms with van der Waals surface area (Å²) in [4.78, 5) is 16.0. The van der Waals surface area contributed by atoms with Crippen LogP contribution in [0, 0.1) is 0 Å². The van der Waals surface area contributed by atoms with Crippen LogP contribution in [0.1, 0.15) is 15.9 Å². The third kappa shape index (κ3) is 2.57. The van der Waals surface area contributed by atoms with Crippen molar-refractivity contribution >= 4 is 37.6 Å². The summed E-state index contributed by atoms with van der Waals surface area (Å²) in [6.45, 7) is 0. The summed E-state index contributed by atoms with van der Waals surface area (Å²) in [7, 11) is 0. The van der Waals surface area contributed by atoms with E-state index in [1.54, 1.807) is 30.6 Å². The Balaban J connectivity index is 2.39. The molecule has 1 aromatic heterocycles.